The highest BCUT2D eigenvalue weighted by Crippen LogP contribution is 2.20. The second-order valence-electron chi connectivity index (χ2n) is 6.61. The predicted molar refractivity (Wildman–Crippen MR) is 98.8 cm³/mol. The van der Waals surface area contributed by atoms with Crippen LogP contribution < -0.4 is 5.43 Å². The van der Waals surface area contributed by atoms with Crippen LogP contribution in [-0.2, 0) is 0 Å². The van der Waals surface area contributed by atoms with Crippen LogP contribution in [0.3, 0.4) is 0 Å². The zero-order valence-electron chi connectivity index (χ0n) is 14.4. The lowest BCUT2D eigenvalue weighted by Crippen LogP contribution is -2.56. The molecule has 25 heavy (non-hydrogen) atoms. The van der Waals surface area contributed by atoms with E-state index in [9.17, 15) is 9.59 Å². The summed E-state index contributed by atoms with van der Waals surface area (Å²) in [6.07, 6.45) is 1.35. The van der Waals surface area contributed by atoms with Gasteiger partial charge in [0.1, 0.15) is 5.15 Å². The highest BCUT2D eigenvalue weighted by Gasteiger charge is 2.30. The summed E-state index contributed by atoms with van der Waals surface area (Å²) in [5, 5.41) is 1.57. The topological polar surface area (TPSA) is 62.3 Å². The summed E-state index contributed by atoms with van der Waals surface area (Å²) < 4.78 is 0. The van der Waals surface area contributed by atoms with Gasteiger partial charge in [-0.1, -0.05) is 40.9 Å². The molecule has 132 valence electrons. The lowest BCUT2D eigenvalue weighted by atomic mass is 10.1. The van der Waals surface area contributed by atoms with Gasteiger partial charge in [0.2, 0.25) is 0 Å². The number of halogens is 2. The number of amides is 2. The Morgan fingerprint density at radius 3 is 2.44 bits per heavy atom. The SMILES string of the molecule is Cc1cccc(C(=O)N(NC(=O)c2cc(Cl)cnc2Cl)C(C)(C)C)c1. The Morgan fingerprint density at radius 1 is 1.16 bits per heavy atom. The molecule has 0 saturated heterocycles. The third kappa shape index (κ3) is 4.71. The highest BCUT2D eigenvalue weighted by atomic mass is 35.5. The minimum Gasteiger partial charge on any atom is -0.267 e. The highest BCUT2D eigenvalue weighted by molar-refractivity contribution is 6.34. The molecule has 2 rings (SSSR count). The maximum absolute atomic E-state index is 12.9. The molecule has 0 fully saturated rings. The molecule has 0 aliphatic carbocycles. The van der Waals surface area contributed by atoms with Crippen LogP contribution >= 0.6 is 23.2 Å². The van der Waals surface area contributed by atoms with Crippen molar-refractivity contribution in [2.24, 2.45) is 0 Å². The third-order valence-corrected chi connectivity index (χ3v) is 3.91. The molecule has 5 nitrogen and oxygen atoms in total. The van der Waals surface area contributed by atoms with Crippen molar-refractivity contribution >= 4 is 35.0 Å². The van der Waals surface area contributed by atoms with Gasteiger partial charge >= 0.3 is 0 Å². The Kier molecular flexibility index (Phi) is 5.70. The smallest absolute Gasteiger partial charge is 0.267 e. The monoisotopic (exact) mass is 379 g/mol. The standard InChI is InChI=1S/C18H19Cl2N3O2/c1-11-6-5-7-12(8-11)17(25)23(18(2,3)4)22-16(24)14-9-13(19)10-21-15(14)20/h5-10H,1-4H3,(H,22,24). The Labute approximate surface area is 156 Å². The van der Waals surface area contributed by atoms with Gasteiger partial charge in [-0.25, -0.2) is 9.99 Å². The van der Waals surface area contributed by atoms with Gasteiger partial charge in [0.15, 0.2) is 0 Å². The number of carbonyl (C=O) groups excluding carboxylic acids is 2. The zero-order valence-corrected chi connectivity index (χ0v) is 15.9. The number of aromatic nitrogens is 1. The Hall–Kier alpha value is -2.11. The Balaban J connectivity index is 2.34. The van der Waals surface area contributed by atoms with Crippen LogP contribution in [0.5, 0.6) is 0 Å². The second kappa shape index (κ2) is 7.42. The number of carbonyl (C=O) groups is 2. The number of pyridine rings is 1. The van der Waals surface area contributed by atoms with E-state index in [1.165, 1.54) is 17.3 Å². The largest absolute Gasteiger partial charge is 0.273 e. The normalized spacial score (nSPS) is 11.1. The van der Waals surface area contributed by atoms with Crippen LogP contribution in [0.4, 0.5) is 0 Å². The van der Waals surface area contributed by atoms with Gasteiger partial charge in [-0.15, -0.1) is 0 Å². The van der Waals surface area contributed by atoms with Crippen LogP contribution in [0.2, 0.25) is 10.2 Å². The molecule has 1 aromatic heterocycles. The zero-order chi connectivity index (χ0) is 18.8. The van der Waals surface area contributed by atoms with Crippen molar-refractivity contribution in [1.29, 1.82) is 0 Å². The number of nitrogens with one attached hydrogen (secondary N) is 1. The number of hydrogen-bond donors (Lipinski definition) is 1. The van der Waals surface area contributed by atoms with Gasteiger partial charge in [0.25, 0.3) is 11.8 Å². The van der Waals surface area contributed by atoms with Crippen LogP contribution in [0.1, 0.15) is 47.1 Å². The van der Waals surface area contributed by atoms with Gasteiger partial charge < -0.3 is 0 Å². The van der Waals surface area contributed by atoms with Crippen molar-refractivity contribution in [2.45, 2.75) is 33.2 Å². The third-order valence-electron chi connectivity index (χ3n) is 3.40. The molecule has 0 spiro atoms. The molecule has 0 aliphatic rings. The van der Waals surface area contributed by atoms with Crippen LogP contribution in [0.15, 0.2) is 36.5 Å². The van der Waals surface area contributed by atoms with Crippen LogP contribution in [0, 0.1) is 6.92 Å². The summed E-state index contributed by atoms with van der Waals surface area (Å²) in [5.74, 6) is -0.883. The van der Waals surface area contributed by atoms with E-state index in [-0.39, 0.29) is 21.6 Å². The molecular weight excluding hydrogens is 361 g/mol. The second-order valence-corrected chi connectivity index (χ2v) is 7.41. The molecule has 0 aliphatic heterocycles. The van der Waals surface area contributed by atoms with E-state index in [2.05, 4.69) is 10.4 Å². The molecule has 1 aromatic carbocycles. The fourth-order valence-corrected chi connectivity index (χ4v) is 2.52. The first kappa shape index (κ1) is 19.2. The lowest BCUT2D eigenvalue weighted by Gasteiger charge is -2.35. The van der Waals surface area contributed by atoms with E-state index in [1.54, 1.807) is 18.2 Å². The van der Waals surface area contributed by atoms with E-state index in [0.717, 1.165) is 5.56 Å². The lowest BCUT2D eigenvalue weighted by molar-refractivity contribution is 0.0358. The Morgan fingerprint density at radius 2 is 1.84 bits per heavy atom. The maximum atomic E-state index is 12.9. The van der Waals surface area contributed by atoms with Crippen LogP contribution in [0.25, 0.3) is 0 Å². The van der Waals surface area contributed by atoms with Crippen molar-refractivity contribution in [3.05, 3.63) is 63.4 Å². The minimum atomic E-state index is -0.658. The van der Waals surface area contributed by atoms with Crippen molar-refractivity contribution < 1.29 is 9.59 Å². The fraction of sp³-hybridized carbons (Fsp3) is 0.278. The van der Waals surface area contributed by atoms with E-state index < -0.39 is 11.4 Å². The average Bonchev–Trinajstić information content (AvgIpc) is 2.53. The van der Waals surface area contributed by atoms with Crippen LogP contribution in [-0.4, -0.2) is 27.3 Å². The number of aryl methyl sites for hydroxylation is 1. The first-order chi connectivity index (χ1) is 11.6. The quantitative estimate of drug-likeness (QED) is 0.625. The molecule has 0 radical (unpaired) electrons. The summed E-state index contributed by atoms with van der Waals surface area (Å²) in [4.78, 5) is 29.3. The average molecular weight is 380 g/mol. The predicted octanol–water partition coefficient (Wildman–Crippen LogP) is 4.28. The fourth-order valence-electron chi connectivity index (χ4n) is 2.17. The molecular formula is C18H19Cl2N3O2. The first-order valence-electron chi connectivity index (χ1n) is 7.63. The molecule has 2 aromatic rings. The number of rotatable bonds is 2. The minimum absolute atomic E-state index is 0.0127. The number of hydrogen-bond acceptors (Lipinski definition) is 3. The molecule has 0 atom stereocenters. The van der Waals surface area contributed by atoms with E-state index in [1.807, 2.05) is 33.8 Å². The van der Waals surface area contributed by atoms with Gasteiger partial charge in [-0.2, -0.15) is 0 Å². The summed E-state index contributed by atoms with van der Waals surface area (Å²) in [7, 11) is 0. The van der Waals surface area contributed by atoms with Crippen molar-refractivity contribution in [3.63, 3.8) is 0 Å². The van der Waals surface area contributed by atoms with Crippen molar-refractivity contribution in [2.75, 3.05) is 0 Å². The molecule has 0 saturated carbocycles. The number of nitrogens with zero attached hydrogens (tertiary/aromatic N) is 2. The molecule has 7 heteroatoms. The molecule has 0 unspecified atom stereocenters. The molecule has 1 N–H and O–H groups in total. The van der Waals surface area contributed by atoms with E-state index in [0.29, 0.717) is 5.56 Å². The van der Waals surface area contributed by atoms with Crippen molar-refractivity contribution in [1.82, 2.24) is 15.4 Å². The molecule has 1 heterocycles. The van der Waals surface area contributed by atoms with Gasteiger partial charge in [0, 0.05) is 11.8 Å². The van der Waals surface area contributed by atoms with Gasteiger partial charge in [-0.3, -0.25) is 15.0 Å². The summed E-state index contributed by atoms with van der Waals surface area (Å²) >= 11 is 11.9. The summed E-state index contributed by atoms with van der Waals surface area (Å²) in [5.41, 5.74) is 3.49. The Bertz CT molecular complexity index is 816. The van der Waals surface area contributed by atoms with E-state index in [4.69, 9.17) is 23.2 Å². The van der Waals surface area contributed by atoms with Gasteiger partial charge in [0.05, 0.1) is 16.1 Å². The molecule has 0 bridgehead atoms. The number of benzene rings is 1. The van der Waals surface area contributed by atoms with Gasteiger partial charge in [-0.05, 0) is 45.9 Å². The summed E-state index contributed by atoms with van der Waals surface area (Å²) in [6.45, 7) is 7.35. The maximum Gasteiger partial charge on any atom is 0.273 e. The number of hydrazine groups is 1. The van der Waals surface area contributed by atoms with Crippen molar-refractivity contribution in [3.8, 4) is 0 Å². The summed E-state index contributed by atoms with van der Waals surface area (Å²) in [6, 6.07) is 8.57. The van der Waals surface area contributed by atoms with E-state index >= 15 is 0 Å². The molecule has 2 amide bonds. The first-order valence-corrected chi connectivity index (χ1v) is 8.38.